The Morgan fingerprint density at radius 3 is 3.00 bits per heavy atom. The lowest BCUT2D eigenvalue weighted by atomic mass is 10.4. The second kappa shape index (κ2) is 5.44. The van der Waals surface area contributed by atoms with Gasteiger partial charge in [-0.2, -0.15) is 0 Å². The van der Waals surface area contributed by atoms with Gasteiger partial charge in [0.1, 0.15) is 12.4 Å². The summed E-state index contributed by atoms with van der Waals surface area (Å²) < 4.78 is 14.9. The standard InChI is InChI=1S/C10H13O4/c1-3-12-7-8-5-6-9(14-8)10(11)13-4-2/h3,5-6H,4,7H2,1-2H3. The van der Waals surface area contributed by atoms with Crippen LogP contribution in [-0.4, -0.2) is 12.6 Å². The Labute approximate surface area is 82.8 Å². The van der Waals surface area contributed by atoms with E-state index in [0.717, 1.165) is 0 Å². The molecule has 0 saturated carbocycles. The third-order valence-corrected chi connectivity index (χ3v) is 1.53. The topological polar surface area (TPSA) is 48.7 Å². The van der Waals surface area contributed by atoms with Crippen molar-refractivity contribution in [2.75, 3.05) is 6.61 Å². The maximum Gasteiger partial charge on any atom is 0.374 e. The number of carbonyl (C=O) groups is 1. The van der Waals surface area contributed by atoms with Crippen LogP contribution in [0.4, 0.5) is 0 Å². The van der Waals surface area contributed by atoms with E-state index >= 15 is 0 Å². The largest absolute Gasteiger partial charge is 0.460 e. The van der Waals surface area contributed by atoms with Gasteiger partial charge in [0.25, 0.3) is 0 Å². The van der Waals surface area contributed by atoms with E-state index in [1.807, 2.05) is 0 Å². The predicted octanol–water partition coefficient (Wildman–Crippen LogP) is 2.15. The number of hydrogen-bond donors (Lipinski definition) is 0. The van der Waals surface area contributed by atoms with Crippen LogP contribution < -0.4 is 0 Å². The van der Waals surface area contributed by atoms with Gasteiger partial charge in [-0.15, -0.1) is 0 Å². The fourth-order valence-electron chi connectivity index (χ4n) is 0.933. The molecule has 1 radical (unpaired) electrons. The van der Waals surface area contributed by atoms with Crippen LogP contribution in [0.25, 0.3) is 0 Å². The molecule has 0 atom stereocenters. The minimum atomic E-state index is -0.445. The van der Waals surface area contributed by atoms with Crippen molar-refractivity contribution < 1.29 is 18.7 Å². The fraction of sp³-hybridized carbons (Fsp3) is 0.400. The molecule has 0 N–H and O–H groups in total. The molecule has 0 saturated heterocycles. The SMILES string of the molecule is C[CH]OCc1ccc(C(=O)OCC)o1. The minimum Gasteiger partial charge on any atom is -0.460 e. The molecule has 0 aliphatic heterocycles. The Morgan fingerprint density at radius 1 is 1.57 bits per heavy atom. The van der Waals surface area contributed by atoms with E-state index in [1.165, 1.54) is 0 Å². The van der Waals surface area contributed by atoms with Crippen LogP contribution in [0.3, 0.4) is 0 Å². The first-order valence-electron chi connectivity index (χ1n) is 4.43. The molecule has 1 rings (SSSR count). The molecule has 1 aromatic rings. The molecule has 1 aromatic heterocycles. The van der Waals surface area contributed by atoms with Crippen LogP contribution in [0.2, 0.25) is 0 Å². The van der Waals surface area contributed by atoms with E-state index in [4.69, 9.17) is 13.9 Å². The third kappa shape index (κ3) is 2.88. The summed E-state index contributed by atoms with van der Waals surface area (Å²) in [6.45, 7) is 5.75. The summed E-state index contributed by atoms with van der Waals surface area (Å²) in [5.41, 5.74) is 0. The zero-order chi connectivity index (χ0) is 10.4. The number of ether oxygens (including phenoxy) is 2. The van der Waals surface area contributed by atoms with Crippen molar-refractivity contribution in [3.63, 3.8) is 0 Å². The van der Waals surface area contributed by atoms with E-state index in [2.05, 4.69) is 0 Å². The molecule has 0 fully saturated rings. The highest BCUT2D eigenvalue weighted by atomic mass is 16.5. The predicted molar refractivity (Wildman–Crippen MR) is 49.4 cm³/mol. The molecule has 0 spiro atoms. The number of rotatable bonds is 5. The molecule has 4 heteroatoms. The van der Waals surface area contributed by atoms with Crippen LogP contribution >= 0.6 is 0 Å². The van der Waals surface area contributed by atoms with Gasteiger partial charge in [-0.3, -0.25) is 0 Å². The summed E-state index contributed by atoms with van der Waals surface area (Å²) in [5, 5.41) is 0. The van der Waals surface area contributed by atoms with E-state index in [0.29, 0.717) is 19.0 Å². The molecule has 0 amide bonds. The highest BCUT2D eigenvalue weighted by Crippen LogP contribution is 2.10. The van der Waals surface area contributed by atoms with Gasteiger partial charge in [-0.25, -0.2) is 4.79 Å². The van der Waals surface area contributed by atoms with Gasteiger partial charge in [-0.05, 0) is 26.0 Å². The molecule has 77 valence electrons. The van der Waals surface area contributed by atoms with Crippen molar-refractivity contribution in [1.29, 1.82) is 0 Å². The Balaban J connectivity index is 2.54. The molecule has 0 bridgehead atoms. The van der Waals surface area contributed by atoms with Crippen LogP contribution in [0.15, 0.2) is 16.5 Å². The second-order valence-electron chi connectivity index (χ2n) is 2.53. The first-order valence-corrected chi connectivity index (χ1v) is 4.43. The van der Waals surface area contributed by atoms with Gasteiger partial charge >= 0.3 is 5.97 Å². The summed E-state index contributed by atoms with van der Waals surface area (Å²) in [4.78, 5) is 11.2. The van der Waals surface area contributed by atoms with Gasteiger partial charge in [0.15, 0.2) is 0 Å². The molecular weight excluding hydrogens is 184 g/mol. The van der Waals surface area contributed by atoms with E-state index in [-0.39, 0.29) is 5.76 Å². The molecule has 4 nitrogen and oxygen atoms in total. The number of esters is 1. The van der Waals surface area contributed by atoms with Crippen LogP contribution in [0, 0.1) is 6.61 Å². The first-order chi connectivity index (χ1) is 6.77. The highest BCUT2D eigenvalue weighted by Gasteiger charge is 2.11. The molecule has 14 heavy (non-hydrogen) atoms. The van der Waals surface area contributed by atoms with E-state index in [9.17, 15) is 4.79 Å². The Morgan fingerprint density at radius 2 is 2.36 bits per heavy atom. The lowest BCUT2D eigenvalue weighted by Crippen LogP contribution is -2.02. The molecule has 0 aromatic carbocycles. The molecule has 0 unspecified atom stereocenters. The molecule has 1 heterocycles. The highest BCUT2D eigenvalue weighted by molar-refractivity contribution is 5.86. The summed E-state index contributed by atoms with van der Waals surface area (Å²) in [6.07, 6.45) is 0. The van der Waals surface area contributed by atoms with Gasteiger partial charge in [-0.1, -0.05) is 0 Å². The Hall–Kier alpha value is -1.29. The van der Waals surface area contributed by atoms with Crippen molar-refractivity contribution in [2.45, 2.75) is 20.5 Å². The van der Waals surface area contributed by atoms with E-state index < -0.39 is 5.97 Å². The third-order valence-electron chi connectivity index (χ3n) is 1.53. The van der Waals surface area contributed by atoms with Gasteiger partial charge < -0.3 is 13.9 Å². The normalized spacial score (nSPS) is 10.1. The van der Waals surface area contributed by atoms with Crippen molar-refractivity contribution >= 4 is 5.97 Å². The van der Waals surface area contributed by atoms with E-state index in [1.54, 1.807) is 32.6 Å². The summed E-state index contributed by atoms with van der Waals surface area (Å²) >= 11 is 0. The molecular formula is C10H13O4. The lowest BCUT2D eigenvalue weighted by Gasteiger charge is -1.97. The fourth-order valence-corrected chi connectivity index (χ4v) is 0.933. The average Bonchev–Trinajstić information content (AvgIpc) is 2.63. The maximum atomic E-state index is 11.2. The van der Waals surface area contributed by atoms with Crippen molar-refractivity contribution in [1.82, 2.24) is 0 Å². The van der Waals surface area contributed by atoms with Crippen LogP contribution in [0.1, 0.15) is 30.2 Å². The molecule has 0 aliphatic carbocycles. The quantitative estimate of drug-likeness (QED) is 0.678. The van der Waals surface area contributed by atoms with Crippen LogP contribution in [-0.2, 0) is 16.1 Å². The Bertz CT molecular complexity index is 290. The van der Waals surface area contributed by atoms with Crippen molar-refractivity contribution in [2.24, 2.45) is 0 Å². The summed E-state index contributed by atoms with van der Waals surface area (Å²) in [5.74, 6) is 0.368. The van der Waals surface area contributed by atoms with Crippen molar-refractivity contribution in [3.8, 4) is 0 Å². The minimum absolute atomic E-state index is 0.210. The Kier molecular flexibility index (Phi) is 4.19. The smallest absolute Gasteiger partial charge is 0.374 e. The number of furan rings is 1. The second-order valence-corrected chi connectivity index (χ2v) is 2.53. The van der Waals surface area contributed by atoms with Crippen LogP contribution in [0.5, 0.6) is 0 Å². The zero-order valence-corrected chi connectivity index (χ0v) is 8.28. The monoisotopic (exact) mass is 197 g/mol. The van der Waals surface area contributed by atoms with Crippen molar-refractivity contribution in [3.05, 3.63) is 30.3 Å². The average molecular weight is 197 g/mol. The zero-order valence-electron chi connectivity index (χ0n) is 8.28. The van der Waals surface area contributed by atoms with Gasteiger partial charge in [0, 0.05) is 0 Å². The summed E-state index contributed by atoms with van der Waals surface area (Å²) in [7, 11) is 0. The lowest BCUT2D eigenvalue weighted by molar-refractivity contribution is 0.0484. The maximum absolute atomic E-state index is 11.2. The number of hydrogen-bond acceptors (Lipinski definition) is 4. The van der Waals surface area contributed by atoms with Gasteiger partial charge in [0.05, 0.1) is 13.2 Å². The molecule has 0 aliphatic rings. The number of carbonyl (C=O) groups excluding carboxylic acids is 1. The first kappa shape index (κ1) is 10.8. The summed E-state index contributed by atoms with van der Waals surface area (Å²) in [6, 6.07) is 3.27. The van der Waals surface area contributed by atoms with Gasteiger partial charge in [0.2, 0.25) is 5.76 Å².